The quantitative estimate of drug-likeness (QED) is 0.228. The molecule has 2 aromatic carbocycles. The van der Waals surface area contributed by atoms with Crippen LogP contribution in [0.5, 0.6) is 11.6 Å². The van der Waals surface area contributed by atoms with Gasteiger partial charge in [0.2, 0.25) is 11.3 Å². The second-order valence-corrected chi connectivity index (χ2v) is 11.6. The second kappa shape index (κ2) is 11.8. The van der Waals surface area contributed by atoms with Gasteiger partial charge in [-0.3, -0.25) is 9.69 Å². The first-order chi connectivity index (χ1) is 21.6. The third kappa shape index (κ3) is 5.57. The largest absolute Gasteiger partial charge is 0.493 e. The van der Waals surface area contributed by atoms with E-state index in [0.29, 0.717) is 47.2 Å². The summed E-state index contributed by atoms with van der Waals surface area (Å²) in [5.74, 6) is -1.46. The van der Waals surface area contributed by atoms with Gasteiger partial charge in [0.05, 0.1) is 29.2 Å². The van der Waals surface area contributed by atoms with E-state index in [2.05, 4.69) is 20.0 Å². The Bertz CT molecular complexity index is 1910. The number of piperidine rings is 1. The Morgan fingerprint density at radius 1 is 1.18 bits per heavy atom. The number of carboxylic acids is 1. The Kier molecular flexibility index (Phi) is 7.91. The number of amides is 2. The normalized spacial score (nSPS) is 17.2. The number of nitrogens with zero attached hydrogens (tertiary/aromatic N) is 6. The van der Waals surface area contributed by atoms with E-state index in [1.54, 1.807) is 23.8 Å². The highest BCUT2D eigenvalue weighted by molar-refractivity contribution is 5.97. The van der Waals surface area contributed by atoms with Crippen LogP contribution in [0.15, 0.2) is 51.6 Å². The maximum atomic E-state index is 14.0. The van der Waals surface area contributed by atoms with E-state index in [-0.39, 0.29) is 29.2 Å². The number of carbonyl (C=O) groups excluding carboxylic acids is 1. The minimum atomic E-state index is -1.25. The molecule has 1 saturated heterocycles. The van der Waals surface area contributed by atoms with Crippen LogP contribution in [0.1, 0.15) is 42.1 Å². The Labute approximate surface area is 256 Å². The molecule has 13 nitrogen and oxygen atoms in total. The van der Waals surface area contributed by atoms with Gasteiger partial charge in [0.25, 0.3) is 0 Å². The predicted octanol–water partition coefficient (Wildman–Crippen LogP) is 4.61. The van der Waals surface area contributed by atoms with Crippen LogP contribution in [0.25, 0.3) is 21.8 Å². The number of anilines is 1. The van der Waals surface area contributed by atoms with Gasteiger partial charge in [0.15, 0.2) is 11.4 Å². The highest BCUT2D eigenvalue weighted by atomic mass is 19.1. The number of halogens is 1. The van der Waals surface area contributed by atoms with Crippen molar-refractivity contribution in [2.45, 2.75) is 44.3 Å². The molecule has 2 amide bonds. The van der Waals surface area contributed by atoms with Crippen molar-refractivity contribution in [1.82, 2.24) is 14.0 Å². The fourth-order valence-corrected chi connectivity index (χ4v) is 6.34. The maximum Gasteiger partial charge on any atom is 0.356 e. The lowest BCUT2D eigenvalue weighted by Crippen LogP contribution is -2.47. The summed E-state index contributed by atoms with van der Waals surface area (Å²) in [5, 5.41) is 28.3. The number of hydrogen-bond donors (Lipinski definition) is 3. The van der Waals surface area contributed by atoms with Crippen molar-refractivity contribution in [3.63, 3.8) is 0 Å². The number of benzene rings is 2. The van der Waals surface area contributed by atoms with Crippen molar-refractivity contribution in [2.24, 2.45) is 16.0 Å². The van der Waals surface area contributed by atoms with E-state index in [1.165, 1.54) is 18.3 Å². The van der Waals surface area contributed by atoms with Crippen LogP contribution in [0, 0.1) is 5.82 Å². The van der Waals surface area contributed by atoms with Gasteiger partial charge in [0.1, 0.15) is 11.4 Å². The fraction of sp³-hybridized carbons (Fsp3) is 0.387. The zero-order valence-electron chi connectivity index (χ0n) is 24.9. The lowest BCUT2D eigenvalue weighted by atomic mass is 10.0. The summed E-state index contributed by atoms with van der Waals surface area (Å²) in [4.78, 5) is 40.5. The summed E-state index contributed by atoms with van der Waals surface area (Å²) < 4.78 is 23.5. The van der Waals surface area contributed by atoms with Gasteiger partial charge in [-0.1, -0.05) is 5.11 Å². The molecule has 2 aromatic heterocycles. The van der Waals surface area contributed by atoms with Crippen molar-refractivity contribution in [1.29, 1.82) is 0 Å². The highest BCUT2D eigenvalue weighted by Crippen LogP contribution is 2.43. The molecule has 1 saturated carbocycles. The Morgan fingerprint density at radius 3 is 2.64 bits per heavy atom. The van der Waals surface area contributed by atoms with Gasteiger partial charge in [0, 0.05) is 49.8 Å². The van der Waals surface area contributed by atoms with Gasteiger partial charge in [-0.05, 0) is 63.1 Å². The molecule has 1 atom stereocenters. The first-order valence-corrected chi connectivity index (χ1v) is 14.7. The SMILES string of the molecule is COc1c(N2CCCC(N(C)CCn3c(O)c(N=NC(N)=O)c4cc(F)ccc43)C2)ccc2c(=O)c(C(=O)O)cn(C3CC3)c12. The molecule has 2 fully saturated rings. The standard InChI is InChI=1S/C31H34FN7O6/c1-36(12-13-38-23-9-5-17(32)14-21(23)25(29(38)41)34-35-31(33)44)19-4-3-11-37(15-19)24-10-8-20-26(28(24)45-2)39(18-6-7-18)16-22(27(20)40)30(42)43/h5,8-10,14,16,18-19,41H,3-4,6-7,11-13,15H2,1-2H3,(H2,33,44)(H,42,43). The molecule has 14 heteroatoms. The molecule has 4 N–H and O–H groups in total. The summed E-state index contributed by atoms with van der Waals surface area (Å²) in [6.45, 7) is 2.33. The van der Waals surface area contributed by atoms with E-state index in [0.717, 1.165) is 37.9 Å². The van der Waals surface area contributed by atoms with Crippen LogP contribution >= 0.6 is 0 Å². The molecular weight excluding hydrogens is 585 g/mol. The number of rotatable bonds is 9. The summed E-state index contributed by atoms with van der Waals surface area (Å²) in [6.07, 6.45) is 5.08. The first kappa shape index (κ1) is 30.1. The minimum Gasteiger partial charge on any atom is -0.493 e. The van der Waals surface area contributed by atoms with E-state index in [4.69, 9.17) is 10.5 Å². The van der Waals surface area contributed by atoms with Gasteiger partial charge >= 0.3 is 12.0 Å². The zero-order chi connectivity index (χ0) is 32.0. The zero-order valence-corrected chi connectivity index (χ0v) is 24.9. The number of aromatic nitrogens is 2. The van der Waals surface area contributed by atoms with Gasteiger partial charge in [-0.15, -0.1) is 5.11 Å². The molecule has 1 aliphatic carbocycles. The molecule has 3 heterocycles. The Hall–Kier alpha value is -4.98. The number of primary amides is 1. The Morgan fingerprint density at radius 2 is 1.96 bits per heavy atom. The van der Waals surface area contributed by atoms with Crippen molar-refractivity contribution in [2.75, 3.05) is 38.7 Å². The number of methoxy groups -OCH3 is 1. The minimum absolute atomic E-state index is 0.0293. The van der Waals surface area contributed by atoms with E-state index < -0.39 is 23.2 Å². The number of carbonyl (C=O) groups is 2. The molecule has 2 aliphatic rings. The molecule has 0 radical (unpaired) electrons. The van der Waals surface area contributed by atoms with Crippen molar-refractivity contribution in [3.8, 4) is 11.6 Å². The third-order valence-electron chi connectivity index (χ3n) is 8.76. The third-order valence-corrected chi connectivity index (χ3v) is 8.76. The highest BCUT2D eigenvalue weighted by Gasteiger charge is 2.31. The molecule has 1 unspecified atom stereocenters. The Balaban J connectivity index is 1.26. The number of aromatic carboxylic acids is 1. The number of fused-ring (bicyclic) bond motifs is 2. The predicted molar refractivity (Wildman–Crippen MR) is 166 cm³/mol. The van der Waals surface area contributed by atoms with Crippen LogP contribution in [0.3, 0.4) is 0 Å². The monoisotopic (exact) mass is 619 g/mol. The van der Waals surface area contributed by atoms with Crippen LogP contribution in [0.2, 0.25) is 0 Å². The average molecular weight is 620 g/mol. The van der Waals surface area contributed by atoms with Crippen molar-refractivity contribution in [3.05, 3.63) is 58.1 Å². The van der Waals surface area contributed by atoms with Gasteiger partial charge < -0.3 is 34.7 Å². The second-order valence-electron chi connectivity index (χ2n) is 11.6. The first-order valence-electron chi connectivity index (χ1n) is 14.7. The van der Waals surface area contributed by atoms with Crippen LogP contribution in [0.4, 0.5) is 20.6 Å². The topological polar surface area (TPSA) is 168 Å². The number of ether oxygens (including phenoxy) is 1. The van der Waals surface area contributed by atoms with Crippen LogP contribution in [-0.2, 0) is 6.54 Å². The molecule has 1 aliphatic heterocycles. The maximum absolute atomic E-state index is 14.0. The molecule has 236 valence electrons. The molecular formula is C31H34FN7O6. The lowest BCUT2D eigenvalue weighted by Gasteiger charge is -2.39. The number of likely N-dealkylation sites (N-methyl/N-ethyl adjacent to an activating group) is 1. The molecule has 4 aromatic rings. The molecule has 45 heavy (non-hydrogen) atoms. The number of aromatic hydroxyl groups is 1. The van der Waals surface area contributed by atoms with Crippen molar-refractivity contribution >= 4 is 45.2 Å². The number of urea groups is 1. The molecule has 0 spiro atoms. The van der Waals surface area contributed by atoms with E-state index in [1.807, 2.05) is 17.7 Å². The summed E-state index contributed by atoms with van der Waals surface area (Å²) in [7, 11) is 3.57. The smallest absolute Gasteiger partial charge is 0.356 e. The van der Waals surface area contributed by atoms with Crippen LogP contribution < -0.4 is 20.8 Å². The van der Waals surface area contributed by atoms with Gasteiger partial charge in [-0.2, -0.15) is 0 Å². The fourth-order valence-electron chi connectivity index (χ4n) is 6.34. The lowest BCUT2D eigenvalue weighted by molar-refractivity contribution is 0.0694. The van der Waals surface area contributed by atoms with Crippen molar-refractivity contribution < 1.29 is 28.9 Å². The average Bonchev–Trinajstić information content (AvgIpc) is 3.83. The molecule has 0 bridgehead atoms. The number of hydrogen-bond acceptors (Lipinski definition) is 8. The van der Waals surface area contributed by atoms with E-state index >= 15 is 0 Å². The summed E-state index contributed by atoms with van der Waals surface area (Å²) in [5.41, 5.74) is 6.26. The number of pyridine rings is 1. The van der Waals surface area contributed by atoms with Gasteiger partial charge in [-0.25, -0.2) is 14.0 Å². The number of azo groups is 1. The summed E-state index contributed by atoms with van der Waals surface area (Å²) >= 11 is 0. The van der Waals surface area contributed by atoms with Crippen LogP contribution in [-0.4, -0.2) is 76.1 Å². The molecule has 6 rings (SSSR count). The number of carboxylic acid groups (broad SMARTS) is 1. The summed E-state index contributed by atoms with van der Waals surface area (Å²) in [6, 6.07) is 6.81. The van der Waals surface area contributed by atoms with E-state index in [9.17, 15) is 29.0 Å². The number of nitrogens with two attached hydrogens (primary N) is 1.